The molecule has 8 nitrogen and oxygen atoms in total. The lowest BCUT2D eigenvalue weighted by atomic mass is 10.0. The van der Waals surface area contributed by atoms with Gasteiger partial charge in [-0.25, -0.2) is 4.98 Å². The van der Waals surface area contributed by atoms with E-state index in [4.69, 9.17) is 14.3 Å². The number of carbonyl (C=O) groups is 2. The van der Waals surface area contributed by atoms with Crippen molar-refractivity contribution in [1.82, 2.24) is 10.3 Å². The van der Waals surface area contributed by atoms with E-state index in [1.807, 2.05) is 54.6 Å². The number of fused-ring (bicyclic) bond motifs is 1. The minimum atomic E-state index is -0.950. The third-order valence-electron chi connectivity index (χ3n) is 5.79. The number of hydrogen-bond acceptors (Lipinski definition) is 6. The number of anilines is 1. The number of hydrogen-bond donors (Lipinski definition) is 3. The molecule has 3 N–H and O–H groups in total. The first kappa shape index (κ1) is 24.8. The highest BCUT2D eigenvalue weighted by molar-refractivity contribution is 5.94. The Kier molecular flexibility index (Phi) is 7.85. The van der Waals surface area contributed by atoms with Gasteiger partial charge in [0, 0.05) is 41.0 Å². The summed E-state index contributed by atoms with van der Waals surface area (Å²) in [4.78, 5) is 27.2. The SMILES string of the molecule is CC(C)[C@@H](COc1ccc(-c2cc3ccccc3o2)cn1)Nc1ccc(C(=O)NCCC(=O)O)cc1. The quantitative estimate of drug-likeness (QED) is 0.266. The Labute approximate surface area is 209 Å². The normalized spacial score (nSPS) is 11.9. The number of para-hydroxylation sites is 1. The van der Waals surface area contributed by atoms with Crippen LogP contribution in [0.2, 0.25) is 0 Å². The van der Waals surface area contributed by atoms with Gasteiger partial charge in [0.2, 0.25) is 5.88 Å². The van der Waals surface area contributed by atoms with E-state index in [9.17, 15) is 9.59 Å². The van der Waals surface area contributed by atoms with Crippen molar-refractivity contribution in [2.45, 2.75) is 26.3 Å². The smallest absolute Gasteiger partial charge is 0.305 e. The van der Waals surface area contributed by atoms with Gasteiger partial charge in [0.05, 0.1) is 12.5 Å². The fourth-order valence-electron chi connectivity index (χ4n) is 3.63. The number of nitrogens with one attached hydrogen (secondary N) is 2. The number of rotatable bonds is 11. The Bertz CT molecular complexity index is 1280. The lowest BCUT2D eigenvalue weighted by Gasteiger charge is -2.23. The van der Waals surface area contributed by atoms with Crippen molar-refractivity contribution in [1.29, 1.82) is 0 Å². The number of furan rings is 1. The van der Waals surface area contributed by atoms with Crippen LogP contribution in [0.15, 0.2) is 77.3 Å². The van der Waals surface area contributed by atoms with Crippen molar-refractivity contribution in [3.63, 3.8) is 0 Å². The van der Waals surface area contributed by atoms with Crippen molar-refractivity contribution in [2.75, 3.05) is 18.5 Å². The van der Waals surface area contributed by atoms with Crippen molar-refractivity contribution < 1.29 is 23.8 Å². The summed E-state index contributed by atoms with van der Waals surface area (Å²) in [5.41, 5.74) is 3.04. The van der Waals surface area contributed by atoms with Crippen LogP contribution in [0.3, 0.4) is 0 Å². The van der Waals surface area contributed by atoms with E-state index in [0.717, 1.165) is 28.0 Å². The molecule has 0 fully saturated rings. The number of aromatic nitrogens is 1. The van der Waals surface area contributed by atoms with Crippen molar-refractivity contribution in [3.05, 3.63) is 78.5 Å². The van der Waals surface area contributed by atoms with Gasteiger partial charge in [-0.05, 0) is 48.4 Å². The summed E-state index contributed by atoms with van der Waals surface area (Å²) in [6.07, 6.45) is 1.63. The van der Waals surface area contributed by atoms with Gasteiger partial charge in [-0.2, -0.15) is 0 Å². The number of nitrogens with zero attached hydrogens (tertiary/aromatic N) is 1. The van der Waals surface area contributed by atoms with Crippen LogP contribution in [0, 0.1) is 5.92 Å². The highest BCUT2D eigenvalue weighted by atomic mass is 16.5. The summed E-state index contributed by atoms with van der Waals surface area (Å²) >= 11 is 0. The number of carboxylic acids is 1. The molecule has 2 aromatic carbocycles. The maximum Gasteiger partial charge on any atom is 0.305 e. The van der Waals surface area contributed by atoms with E-state index < -0.39 is 5.97 Å². The van der Waals surface area contributed by atoms with E-state index >= 15 is 0 Å². The van der Waals surface area contributed by atoms with E-state index in [1.54, 1.807) is 18.3 Å². The van der Waals surface area contributed by atoms with Gasteiger partial charge in [-0.3, -0.25) is 9.59 Å². The van der Waals surface area contributed by atoms with Gasteiger partial charge in [-0.1, -0.05) is 32.0 Å². The maximum atomic E-state index is 12.1. The predicted octanol–water partition coefficient (Wildman–Crippen LogP) is 5.21. The maximum absolute atomic E-state index is 12.1. The zero-order chi connectivity index (χ0) is 25.5. The summed E-state index contributed by atoms with van der Waals surface area (Å²) in [5.74, 6) is 0.309. The molecule has 4 aromatic rings. The van der Waals surface area contributed by atoms with Crippen LogP contribution < -0.4 is 15.4 Å². The number of amides is 1. The molecular formula is C28H29N3O5. The predicted molar refractivity (Wildman–Crippen MR) is 138 cm³/mol. The van der Waals surface area contributed by atoms with Gasteiger partial charge < -0.3 is 24.9 Å². The van der Waals surface area contributed by atoms with Crippen molar-refractivity contribution in [2.24, 2.45) is 5.92 Å². The first-order valence-corrected chi connectivity index (χ1v) is 11.8. The van der Waals surface area contributed by atoms with Crippen molar-refractivity contribution >= 4 is 28.5 Å². The molecular weight excluding hydrogens is 458 g/mol. The van der Waals surface area contributed by atoms with Gasteiger partial charge in [0.1, 0.15) is 18.0 Å². The molecule has 0 aliphatic heterocycles. The number of carboxylic acid groups (broad SMARTS) is 1. The van der Waals surface area contributed by atoms with E-state index in [-0.39, 0.29) is 30.8 Å². The highest BCUT2D eigenvalue weighted by Gasteiger charge is 2.16. The molecule has 0 saturated carbocycles. The van der Waals surface area contributed by atoms with Crippen molar-refractivity contribution in [3.8, 4) is 17.2 Å². The second kappa shape index (κ2) is 11.4. The average molecular weight is 488 g/mol. The summed E-state index contributed by atoms with van der Waals surface area (Å²) in [5, 5.41) is 15.8. The van der Waals surface area contributed by atoms with Crippen LogP contribution in [-0.4, -0.2) is 41.2 Å². The number of carbonyl (C=O) groups excluding carboxylic acids is 1. The lowest BCUT2D eigenvalue weighted by molar-refractivity contribution is -0.136. The highest BCUT2D eigenvalue weighted by Crippen LogP contribution is 2.28. The van der Waals surface area contributed by atoms with E-state index in [0.29, 0.717) is 18.1 Å². The van der Waals surface area contributed by atoms with Crippen LogP contribution in [0.1, 0.15) is 30.6 Å². The lowest BCUT2D eigenvalue weighted by Crippen LogP contribution is -2.32. The number of pyridine rings is 1. The Hall–Kier alpha value is -4.33. The summed E-state index contributed by atoms with van der Waals surface area (Å²) in [6, 6.07) is 20.7. The molecule has 4 rings (SSSR count). The molecule has 0 radical (unpaired) electrons. The minimum absolute atomic E-state index is 0.0112. The minimum Gasteiger partial charge on any atom is -0.481 e. The van der Waals surface area contributed by atoms with Crippen LogP contribution in [0.25, 0.3) is 22.3 Å². The third-order valence-corrected chi connectivity index (χ3v) is 5.79. The van der Waals surface area contributed by atoms with Gasteiger partial charge >= 0.3 is 5.97 Å². The van der Waals surface area contributed by atoms with Gasteiger partial charge in [0.25, 0.3) is 5.91 Å². The van der Waals surface area contributed by atoms with Gasteiger partial charge in [-0.15, -0.1) is 0 Å². The fourth-order valence-corrected chi connectivity index (χ4v) is 3.63. The zero-order valence-electron chi connectivity index (χ0n) is 20.2. The monoisotopic (exact) mass is 487 g/mol. The molecule has 0 aliphatic carbocycles. The Morgan fingerprint density at radius 2 is 1.83 bits per heavy atom. The van der Waals surface area contributed by atoms with Crippen LogP contribution in [0.5, 0.6) is 5.88 Å². The molecule has 2 aromatic heterocycles. The summed E-state index contributed by atoms with van der Waals surface area (Å²) in [7, 11) is 0. The van der Waals surface area contributed by atoms with Crippen LogP contribution in [0.4, 0.5) is 5.69 Å². The summed E-state index contributed by atoms with van der Waals surface area (Å²) in [6.45, 7) is 4.70. The molecule has 0 spiro atoms. The molecule has 2 heterocycles. The third kappa shape index (κ3) is 6.41. The molecule has 36 heavy (non-hydrogen) atoms. The standard InChI is InChI=1S/C28H29N3O5/c1-18(2)23(31-22-10-7-19(8-11-22)28(34)29-14-13-27(32)33)17-35-26-12-9-21(16-30-26)25-15-20-5-3-4-6-24(20)36-25/h3-12,15-16,18,23,31H,13-14,17H2,1-2H3,(H,29,34)(H,32,33)/t23-/m1/s1. The van der Waals surface area contributed by atoms with Gasteiger partial charge in [0.15, 0.2) is 0 Å². The molecule has 186 valence electrons. The molecule has 0 aliphatic rings. The number of benzene rings is 2. The molecule has 8 heteroatoms. The molecule has 0 saturated heterocycles. The Morgan fingerprint density at radius 1 is 1.06 bits per heavy atom. The second-order valence-corrected chi connectivity index (χ2v) is 8.82. The largest absolute Gasteiger partial charge is 0.481 e. The Balaban J connectivity index is 1.32. The molecule has 1 amide bonds. The van der Waals surface area contributed by atoms with E-state index in [1.165, 1.54) is 0 Å². The zero-order valence-corrected chi connectivity index (χ0v) is 20.2. The second-order valence-electron chi connectivity index (χ2n) is 8.82. The molecule has 0 bridgehead atoms. The number of ether oxygens (including phenoxy) is 1. The number of aliphatic carboxylic acids is 1. The summed E-state index contributed by atoms with van der Waals surface area (Å²) < 4.78 is 11.9. The van der Waals surface area contributed by atoms with Crippen LogP contribution in [-0.2, 0) is 4.79 Å². The topological polar surface area (TPSA) is 114 Å². The molecule has 1 atom stereocenters. The fraction of sp³-hybridized carbons (Fsp3) is 0.250. The molecule has 0 unspecified atom stereocenters. The van der Waals surface area contributed by atoms with Crippen LogP contribution >= 0.6 is 0 Å². The first-order chi connectivity index (χ1) is 17.4. The van der Waals surface area contributed by atoms with E-state index in [2.05, 4.69) is 29.5 Å². The first-order valence-electron chi connectivity index (χ1n) is 11.8. The average Bonchev–Trinajstić information content (AvgIpc) is 3.31. The Morgan fingerprint density at radius 3 is 2.50 bits per heavy atom.